The first-order chi connectivity index (χ1) is 10.4. The van der Waals surface area contributed by atoms with Crippen molar-refractivity contribution in [2.75, 3.05) is 33.2 Å². The van der Waals surface area contributed by atoms with Crippen LogP contribution in [0.2, 0.25) is 0 Å². The highest BCUT2D eigenvalue weighted by Gasteiger charge is 2.27. The molecule has 22 heavy (non-hydrogen) atoms. The summed E-state index contributed by atoms with van der Waals surface area (Å²) in [5.41, 5.74) is -0.118. The molecule has 1 saturated heterocycles. The Morgan fingerprint density at radius 1 is 1.14 bits per heavy atom. The van der Waals surface area contributed by atoms with Crippen LogP contribution >= 0.6 is 15.9 Å². The molecule has 0 radical (unpaired) electrons. The van der Waals surface area contributed by atoms with E-state index in [1.54, 1.807) is 6.07 Å². The molecule has 1 aromatic carbocycles. The second-order valence-corrected chi connectivity index (χ2v) is 8.08. The van der Waals surface area contributed by atoms with E-state index in [2.05, 4.69) is 20.8 Å². The molecule has 0 N–H and O–H groups in total. The van der Waals surface area contributed by atoms with Gasteiger partial charge in [-0.3, -0.25) is 0 Å². The van der Waals surface area contributed by atoms with Gasteiger partial charge in [-0.25, -0.2) is 13.2 Å². The third kappa shape index (κ3) is 2.83. The lowest BCUT2D eigenvalue weighted by atomic mass is 10.2. The van der Waals surface area contributed by atoms with E-state index in [0.29, 0.717) is 37.1 Å². The minimum atomic E-state index is -3.53. The number of benzene rings is 1. The van der Waals surface area contributed by atoms with Gasteiger partial charge in [0.1, 0.15) is 10.1 Å². The highest BCUT2D eigenvalue weighted by atomic mass is 79.9. The number of piperazine rings is 1. The van der Waals surface area contributed by atoms with Crippen LogP contribution in [0.15, 0.2) is 42.8 Å². The van der Waals surface area contributed by atoms with Crippen LogP contribution in [0.1, 0.15) is 0 Å². The standard InChI is InChI=1S/C14H15BrN2O4S/c1-16-4-6-17(7-5-16)22(19,20)11-2-3-13-10(8-11)9-12(15)14(18)21-13/h2-3,8-9H,4-7H2,1H3. The Morgan fingerprint density at radius 3 is 2.50 bits per heavy atom. The zero-order valence-electron chi connectivity index (χ0n) is 12.0. The number of nitrogens with zero attached hydrogens (tertiary/aromatic N) is 2. The Morgan fingerprint density at radius 2 is 1.82 bits per heavy atom. The van der Waals surface area contributed by atoms with Gasteiger partial charge in [0.15, 0.2) is 0 Å². The minimum absolute atomic E-state index is 0.213. The summed E-state index contributed by atoms with van der Waals surface area (Å²) in [5.74, 6) is 0. The van der Waals surface area contributed by atoms with Crippen LogP contribution in [0, 0.1) is 0 Å². The molecule has 1 aliphatic rings. The number of hydrogen-bond donors (Lipinski definition) is 0. The number of sulfonamides is 1. The molecule has 6 nitrogen and oxygen atoms in total. The zero-order chi connectivity index (χ0) is 15.9. The lowest BCUT2D eigenvalue weighted by molar-refractivity contribution is 0.222. The summed E-state index contributed by atoms with van der Waals surface area (Å²) in [6.45, 7) is 2.38. The lowest BCUT2D eigenvalue weighted by Gasteiger charge is -2.31. The largest absolute Gasteiger partial charge is 0.422 e. The van der Waals surface area contributed by atoms with Crippen molar-refractivity contribution in [3.63, 3.8) is 0 Å². The predicted octanol–water partition coefficient (Wildman–Crippen LogP) is 1.49. The molecule has 0 bridgehead atoms. The van der Waals surface area contributed by atoms with Crippen LogP contribution in [0.3, 0.4) is 0 Å². The minimum Gasteiger partial charge on any atom is -0.422 e. The second kappa shape index (κ2) is 5.77. The summed E-state index contributed by atoms with van der Waals surface area (Å²) in [6.07, 6.45) is 0. The fourth-order valence-electron chi connectivity index (χ4n) is 2.41. The van der Waals surface area contributed by atoms with Crippen molar-refractivity contribution < 1.29 is 12.8 Å². The van der Waals surface area contributed by atoms with Crippen LogP contribution in [0.5, 0.6) is 0 Å². The van der Waals surface area contributed by atoms with Gasteiger partial charge in [0, 0.05) is 31.6 Å². The van der Waals surface area contributed by atoms with E-state index in [-0.39, 0.29) is 9.37 Å². The Hall–Kier alpha value is -1.22. The van der Waals surface area contributed by atoms with Crippen LogP contribution in [0.4, 0.5) is 0 Å². The maximum atomic E-state index is 12.7. The molecule has 2 aromatic rings. The summed E-state index contributed by atoms with van der Waals surface area (Å²) in [6, 6.07) is 6.11. The second-order valence-electron chi connectivity index (χ2n) is 5.29. The molecule has 1 fully saturated rings. The molecular formula is C14H15BrN2O4S. The summed E-state index contributed by atoms with van der Waals surface area (Å²) >= 11 is 3.10. The van der Waals surface area contributed by atoms with Crippen molar-refractivity contribution in [1.82, 2.24) is 9.21 Å². The van der Waals surface area contributed by atoms with E-state index >= 15 is 0 Å². The van der Waals surface area contributed by atoms with Crippen LogP contribution in [0.25, 0.3) is 11.0 Å². The van der Waals surface area contributed by atoms with E-state index in [9.17, 15) is 13.2 Å². The monoisotopic (exact) mass is 386 g/mol. The van der Waals surface area contributed by atoms with E-state index < -0.39 is 15.6 Å². The van der Waals surface area contributed by atoms with Crippen LogP contribution < -0.4 is 5.63 Å². The summed E-state index contributed by atoms with van der Waals surface area (Å²) in [5, 5.41) is 0.571. The Labute approximate surface area is 136 Å². The van der Waals surface area contributed by atoms with Crippen LogP contribution in [-0.2, 0) is 10.0 Å². The number of halogens is 1. The van der Waals surface area contributed by atoms with Crippen molar-refractivity contribution in [3.8, 4) is 0 Å². The first-order valence-electron chi connectivity index (χ1n) is 6.80. The lowest BCUT2D eigenvalue weighted by Crippen LogP contribution is -2.46. The zero-order valence-corrected chi connectivity index (χ0v) is 14.4. The number of likely N-dealkylation sites (N-methyl/N-ethyl adjacent to an activating group) is 1. The van der Waals surface area contributed by atoms with Crippen molar-refractivity contribution in [1.29, 1.82) is 0 Å². The molecule has 0 spiro atoms. The maximum absolute atomic E-state index is 12.7. The fraction of sp³-hybridized carbons (Fsp3) is 0.357. The van der Waals surface area contributed by atoms with Gasteiger partial charge in [0.05, 0.1) is 4.90 Å². The first kappa shape index (κ1) is 15.7. The van der Waals surface area contributed by atoms with Gasteiger partial charge in [-0.05, 0) is 47.2 Å². The predicted molar refractivity (Wildman–Crippen MR) is 86.4 cm³/mol. The average molecular weight is 387 g/mol. The molecule has 118 valence electrons. The van der Waals surface area contributed by atoms with E-state index in [4.69, 9.17) is 4.42 Å². The quantitative estimate of drug-likeness (QED) is 0.731. The molecule has 2 heterocycles. The number of hydrogen-bond acceptors (Lipinski definition) is 5. The molecule has 1 aromatic heterocycles. The third-order valence-electron chi connectivity index (χ3n) is 3.76. The fourth-order valence-corrected chi connectivity index (χ4v) is 4.20. The smallest absolute Gasteiger partial charge is 0.350 e. The van der Waals surface area contributed by atoms with Gasteiger partial charge < -0.3 is 9.32 Å². The van der Waals surface area contributed by atoms with Crippen molar-refractivity contribution in [3.05, 3.63) is 39.2 Å². The topological polar surface area (TPSA) is 70.8 Å². The Balaban J connectivity index is 2.02. The Bertz CT molecular complexity index is 870. The average Bonchev–Trinajstić information content (AvgIpc) is 2.48. The number of fused-ring (bicyclic) bond motifs is 1. The molecule has 8 heteroatoms. The summed E-state index contributed by atoms with van der Waals surface area (Å²) < 4.78 is 32.2. The highest BCUT2D eigenvalue weighted by molar-refractivity contribution is 9.10. The molecule has 0 saturated carbocycles. The van der Waals surface area contributed by atoms with Crippen molar-refractivity contribution in [2.24, 2.45) is 0 Å². The van der Waals surface area contributed by atoms with Gasteiger partial charge in [0.25, 0.3) is 0 Å². The van der Waals surface area contributed by atoms with Gasteiger partial charge >= 0.3 is 5.63 Å². The normalized spacial score (nSPS) is 17.9. The first-order valence-corrected chi connectivity index (χ1v) is 9.03. The SMILES string of the molecule is CN1CCN(S(=O)(=O)c2ccc3oc(=O)c(Br)cc3c2)CC1. The van der Waals surface area contributed by atoms with Gasteiger partial charge in [0.2, 0.25) is 10.0 Å². The summed E-state index contributed by atoms with van der Waals surface area (Å²) in [4.78, 5) is 13.8. The highest BCUT2D eigenvalue weighted by Crippen LogP contribution is 2.23. The summed E-state index contributed by atoms with van der Waals surface area (Å²) in [7, 11) is -1.56. The third-order valence-corrected chi connectivity index (χ3v) is 6.21. The molecule has 3 rings (SSSR count). The molecule has 1 aliphatic heterocycles. The molecule has 0 amide bonds. The number of rotatable bonds is 2. The van der Waals surface area contributed by atoms with E-state index in [1.165, 1.54) is 22.5 Å². The molecule has 0 aliphatic carbocycles. The van der Waals surface area contributed by atoms with E-state index in [0.717, 1.165) is 0 Å². The van der Waals surface area contributed by atoms with E-state index in [1.807, 2.05) is 7.05 Å². The van der Waals surface area contributed by atoms with Crippen molar-refractivity contribution in [2.45, 2.75) is 4.90 Å². The molecular weight excluding hydrogens is 372 g/mol. The molecule has 0 unspecified atom stereocenters. The van der Waals surface area contributed by atoms with Gasteiger partial charge in [-0.2, -0.15) is 4.31 Å². The Kier molecular flexibility index (Phi) is 4.11. The van der Waals surface area contributed by atoms with Crippen LogP contribution in [-0.4, -0.2) is 50.8 Å². The van der Waals surface area contributed by atoms with Crippen molar-refractivity contribution >= 4 is 36.9 Å². The molecule has 0 atom stereocenters. The van der Waals surface area contributed by atoms with Gasteiger partial charge in [-0.1, -0.05) is 0 Å². The van der Waals surface area contributed by atoms with Gasteiger partial charge in [-0.15, -0.1) is 0 Å². The maximum Gasteiger partial charge on any atom is 0.350 e.